The number of nitrogens with zero attached hydrogens (tertiary/aromatic N) is 2. The Morgan fingerprint density at radius 2 is 1.69 bits per heavy atom. The zero-order valence-electron chi connectivity index (χ0n) is 9.36. The number of benzene rings is 1. The molecular formula is C14H12N2. The largest absolute Gasteiger partial charge is 0.192 e. The summed E-state index contributed by atoms with van der Waals surface area (Å²) in [5, 5.41) is 17.2. The summed E-state index contributed by atoms with van der Waals surface area (Å²) in [6.07, 6.45) is 3.52. The maximum atomic E-state index is 8.61. The second kappa shape index (κ2) is 5.53. The van der Waals surface area contributed by atoms with Gasteiger partial charge in [0.1, 0.15) is 17.7 Å². The lowest BCUT2D eigenvalue weighted by Crippen LogP contribution is -1.78. The molecule has 0 amide bonds. The predicted molar refractivity (Wildman–Crippen MR) is 64.1 cm³/mol. The number of nitriles is 2. The van der Waals surface area contributed by atoms with Crippen molar-refractivity contribution in [3.05, 3.63) is 52.6 Å². The van der Waals surface area contributed by atoms with Crippen molar-refractivity contribution in [1.29, 1.82) is 10.5 Å². The Labute approximate surface area is 95.8 Å². The van der Waals surface area contributed by atoms with E-state index < -0.39 is 0 Å². The minimum absolute atomic E-state index is 0.126. The number of aryl methyl sites for hydroxylation is 1. The third-order valence-corrected chi connectivity index (χ3v) is 2.08. The normalized spacial score (nSPS) is 10.1. The van der Waals surface area contributed by atoms with Crippen molar-refractivity contribution in [2.45, 2.75) is 13.8 Å². The predicted octanol–water partition coefficient (Wildman–Crippen LogP) is 3.37. The summed E-state index contributed by atoms with van der Waals surface area (Å²) < 4.78 is 0. The summed E-state index contributed by atoms with van der Waals surface area (Å²) in [4.78, 5) is 0. The number of rotatable bonds is 2. The summed E-state index contributed by atoms with van der Waals surface area (Å²) in [5.41, 5.74) is 3.29. The van der Waals surface area contributed by atoms with Crippen molar-refractivity contribution in [3.63, 3.8) is 0 Å². The van der Waals surface area contributed by atoms with E-state index in [0.29, 0.717) is 0 Å². The van der Waals surface area contributed by atoms with E-state index in [9.17, 15) is 0 Å². The maximum absolute atomic E-state index is 8.61. The van der Waals surface area contributed by atoms with Crippen LogP contribution in [0.25, 0.3) is 6.08 Å². The maximum Gasteiger partial charge on any atom is 0.129 e. The van der Waals surface area contributed by atoms with Gasteiger partial charge in [0.2, 0.25) is 0 Å². The smallest absolute Gasteiger partial charge is 0.129 e. The molecule has 0 saturated carbocycles. The summed E-state index contributed by atoms with van der Waals surface area (Å²) in [6, 6.07) is 11.7. The molecule has 0 spiro atoms. The van der Waals surface area contributed by atoms with Crippen molar-refractivity contribution in [1.82, 2.24) is 0 Å². The quantitative estimate of drug-likeness (QED) is 0.552. The van der Waals surface area contributed by atoms with Crippen LogP contribution in [0.1, 0.15) is 18.1 Å². The molecule has 0 aliphatic rings. The van der Waals surface area contributed by atoms with Crippen LogP contribution in [0.5, 0.6) is 0 Å². The fourth-order valence-electron chi connectivity index (χ4n) is 1.28. The van der Waals surface area contributed by atoms with Crippen molar-refractivity contribution in [2.24, 2.45) is 0 Å². The van der Waals surface area contributed by atoms with E-state index in [0.717, 1.165) is 11.1 Å². The molecule has 0 heterocycles. The Bertz CT molecular complexity index is 489. The first-order valence-electron chi connectivity index (χ1n) is 4.92. The first-order chi connectivity index (χ1) is 7.65. The fraction of sp³-hybridized carbons (Fsp3) is 0.143. The standard InChI is InChI=1S/C14H12N2/c1-11-3-5-13(6-4-11)7-12(2)8-14(9-15)10-16/h3-8H,1-2H3. The van der Waals surface area contributed by atoms with Gasteiger partial charge in [0.25, 0.3) is 0 Å². The Kier molecular flexibility index (Phi) is 4.07. The number of hydrogen-bond acceptors (Lipinski definition) is 2. The first kappa shape index (κ1) is 11.8. The van der Waals surface area contributed by atoms with Gasteiger partial charge < -0.3 is 0 Å². The van der Waals surface area contributed by atoms with Gasteiger partial charge in [-0.25, -0.2) is 0 Å². The van der Waals surface area contributed by atoms with E-state index >= 15 is 0 Å². The molecule has 1 rings (SSSR count). The summed E-state index contributed by atoms with van der Waals surface area (Å²) in [5.74, 6) is 0. The Balaban J connectivity index is 2.95. The highest BCUT2D eigenvalue weighted by atomic mass is 14.3. The van der Waals surface area contributed by atoms with Gasteiger partial charge in [-0.1, -0.05) is 35.9 Å². The molecule has 0 radical (unpaired) electrons. The van der Waals surface area contributed by atoms with Crippen LogP contribution in [0.4, 0.5) is 0 Å². The van der Waals surface area contributed by atoms with E-state index in [-0.39, 0.29) is 5.57 Å². The summed E-state index contributed by atoms with van der Waals surface area (Å²) >= 11 is 0. The van der Waals surface area contributed by atoms with Gasteiger partial charge in [0, 0.05) is 0 Å². The molecule has 0 aromatic heterocycles. The lowest BCUT2D eigenvalue weighted by atomic mass is 10.1. The van der Waals surface area contributed by atoms with Crippen LogP contribution in [0, 0.1) is 29.6 Å². The summed E-state index contributed by atoms with van der Waals surface area (Å²) in [7, 11) is 0. The molecule has 16 heavy (non-hydrogen) atoms. The highest BCUT2D eigenvalue weighted by Gasteiger charge is 1.93. The van der Waals surface area contributed by atoms with Crippen LogP contribution in [0.3, 0.4) is 0 Å². The summed E-state index contributed by atoms with van der Waals surface area (Å²) in [6.45, 7) is 3.90. The SMILES string of the molecule is CC(C=C(C#N)C#N)=Cc1ccc(C)cc1. The van der Waals surface area contributed by atoms with Gasteiger partial charge in [-0.3, -0.25) is 0 Å². The third-order valence-electron chi connectivity index (χ3n) is 2.08. The van der Waals surface area contributed by atoms with Crippen LogP contribution in [0.2, 0.25) is 0 Å². The van der Waals surface area contributed by atoms with E-state index in [1.54, 1.807) is 6.08 Å². The molecule has 0 unspecified atom stereocenters. The van der Waals surface area contributed by atoms with Gasteiger partial charge in [-0.2, -0.15) is 10.5 Å². The Morgan fingerprint density at radius 1 is 1.12 bits per heavy atom. The van der Waals surface area contributed by atoms with E-state index in [2.05, 4.69) is 0 Å². The average Bonchev–Trinajstić information content (AvgIpc) is 2.29. The average molecular weight is 208 g/mol. The molecule has 0 saturated heterocycles. The molecule has 1 aromatic rings. The lowest BCUT2D eigenvalue weighted by Gasteiger charge is -1.96. The van der Waals surface area contributed by atoms with Gasteiger partial charge in [-0.15, -0.1) is 0 Å². The minimum Gasteiger partial charge on any atom is -0.192 e. The van der Waals surface area contributed by atoms with Crippen LogP contribution < -0.4 is 0 Å². The highest BCUT2D eigenvalue weighted by Crippen LogP contribution is 2.10. The molecule has 1 aromatic carbocycles. The molecule has 0 fully saturated rings. The third kappa shape index (κ3) is 3.44. The van der Waals surface area contributed by atoms with Crippen molar-refractivity contribution >= 4 is 6.08 Å². The molecule has 0 bridgehead atoms. The molecule has 78 valence electrons. The topological polar surface area (TPSA) is 47.6 Å². The second-order valence-corrected chi connectivity index (χ2v) is 3.58. The van der Waals surface area contributed by atoms with Gasteiger partial charge in [0.15, 0.2) is 0 Å². The fourth-order valence-corrected chi connectivity index (χ4v) is 1.28. The molecule has 0 atom stereocenters. The van der Waals surface area contributed by atoms with E-state index in [1.165, 1.54) is 5.56 Å². The molecule has 0 aliphatic carbocycles. The second-order valence-electron chi connectivity index (χ2n) is 3.58. The lowest BCUT2D eigenvalue weighted by molar-refractivity contribution is 1.43. The van der Waals surface area contributed by atoms with Crippen LogP contribution in [-0.2, 0) is 0 Å². The monoisotopic (exact) mass is 208 g/mol. The van der Waals surface area contributed by atoms with Gasteiger partial charge in [0.05, 0.1) is 0 Å². The molecule has 0 N–H and O–H groups in total. The van der Waals surface area contributed by atoms with E-state index in [1.807, 2.05) is 56.3 Å². The number of hydrogen-bond donors (Lipinski definition) is 0. The molecule has 0 aliphatic heterocycles. The van der Waals surface area contributed by atoms with E-state index in [4.69, 9.17) is 10.5 Å². The van der Waals surface area contributed by atoms with Crippen molar-refractivity contribution < 1.29 is 0 Å². The van der Waals surface area contributed by atoms with Crippen LogP contribution in [0.15, 0.2) is 41.5 Å². The molecular weight excluding hydrogens is 196 g/mol. The van der Waals surface area contributed by atoms with Gasteiger partial charge >= 0.3 is 0 Å². The zero-order valence-corrected chi connectivity index (χ0v) is 9.36. The Morgan fingerprint density at radius 3 is 2.19 bits per heavy atom. The highest BCUT2D eigenvalue weighted by molar-refractivity contribution is 5.57. The van der Waals surface area contributed by atoms with Crippen molar-refractivity contribution in [3.8, 4) is 12.1 Å². The Hall–Kier alpha value is -2.32. The first-order valence-corrected chi connectivity index (χ1v) is 4.92. The van der Waals surface area contributed by atoms with Crippen LogP contribution in [-0.4, -0.2) is 0 Å². The van der Waals surface area contributed by atoms with Crippen LogP contribution >= 0.6 is 0 Å². The molecule has 2 heteroatoms. The molecule has 2 nitrogen and oxygen atoms in total. The van der Waals surface area contributed by atoms with Crippen molar-refractivity contribution in [2.75, 3.05) is 0 Å². The number of allylic oxidation sites excluding steroid dienone is 3. The zero-order chi connectivity index (χ0) is 12.0. The van der Waals surface area contributed by atoms with Gasteiger partial charge in [-0.05, 0) is 31.1 Å². The minimum atomic E-state index is 0.126.